The lowest BCUT2D eigenvalue weighted by Gasteiger charge is -2.39. The summed E-state index contributed by atoms with van der Waals surface area (Å²) in [7, 11) is 0. The largest absolute Gasteiger partial charge is 0.469 e. The molecule has 118 valence electrons. The molecule has 0 aliphatic heterocycles. The summed E-state index contributed by atoms with van der Waals surface area (Å²) in [5.41, 5.74) is -0.681. The molecule has 22 heavy (non-hydrogen) atoms. The van der Waals surface area contributed by atoms with Gasteiger partial charge in [-0.1, -0.05) is 0 Å². The van der Waals surface area contributed by atoms with Gasteiger partial charge in [-0.3, -0.25) is 14.7 Å². The van der Waals surface area contributed by atoms with Crippen molar-refractivity contribution in [2.45, 2.75) is 31.8 Å². The van der Waals surface area contributed by atoms with Gasteiger partial charge in [0, 0.05) is 12.1 Å². The Bertz CT molecular complexity index is 725. The summed E-state index contributed by atoms with van der Waals surface area (Å²) in [5.74, 6) is -1.70. The van der Waals surface area contributed by atoms with Gasteiger partial charge in [0.15, 0.2) is 0 Å². The number of rotatable bonds is 3. The first-order valence-electron chi connectivity index (χ1n) is 7.17. The Morgan fingerprint density at radius 1 is 1.55 bits per heavy atom. The van der Waals surface area contributed by atoms with Gasteiger partial charge in [-0.05, 0) is 26.0 Å². The van der Waals surface area contributed by atoms with Crippen molar-refractivity contribution >= 4 is 5.97 Å². The maximum atomic E-state index is 12.4. The first-order valence-corrected chi connectivity index (χ1v) is 7.17. The number of ether oxygens (including phenoxy) is 1. The van der Waals surface area contributed by atoms with Crippen molar-refractivity contribution in [3.8, 4) is 0 Å². The molecule has 0 aromatic carbocycles. The van der Waals surface area contributed by atoms with Crippen LogP contribution in [0.25, 0.3) is 0 Å². The molecule has 0 fully saturated rings. The zero-order chi connectivity index (χ0) is 15.9. The molecular formula is C15H18N2O5. The van der Waals surface area contributed by atoms with Crippen LogP contribution >= 0.6 is 0 Å². The number of esters is 1. The Labute approximate surface area is 126 Å². The fourth-order valence-electron chi connectivity index (χ4n) is 3.26. The quantitative estimate of drug-likeness (QED) is 0.731. The van der Waals surface area contributed by atoms with Gasteiger partial charge in [-0.25, -0.2) is 0 Å². The van der Waals surface area contributed by atoms with Crippen molar-refractivity contribution in [1.29, 1.82) is 0 Å². The third kappa shape index (κ3) is 2.18. The summed E-state index contributed by atoms with van der Waals surface area (Å²) >= 11 is 0. The standard InChI is InChI=1S/C15H18N2O5/c1-3-21-14(19)12-11(9-5-4-6-22-9)10-8(7-15(12,2)20)16-17-13(10)18/h4-6,11-12,20H,3,7H2,1-2H3,(H2,16,17,18)/t11-,12-,15+/m1/s1. The van der Waals surface area contributed by atoms with E-state index in [1.54, 1.807) is 26.0 Å². The van der Waals surface area contributed by atoms with Crippen LogP contribution in [0.5, 0.6) is 0 Å². The SMILES string of the molecule is CCOC(=O)[C@H]1[C@H](c2ccco2)c2c([nH][nH]c2=O)C[C@]1(C)O. The molecule has 2 aromatic heterocycles. The molecule has 0 bridgehead atoms. The topological polar surface area (TPSA) is 108 Å². The van der Waals surface area contributed by atoms with E-state index in [4.69, 9.17) is 9.15 Å². The number of aromatic nitrogens is 2. The molecule has 0 spiro atoms. The summed E-state index contributed by atoms with van der Waals surface area (Å²) < 4.78 is 10.5. The van der Waals surface area contributed by atoms with E-state index in [1.807, 2.05) is 0 Å². The zero-order valence-corrected chi connectivity index (χ0v) is 12.4. The van der Waals surface area contributed by atoms with Crippen LogP contribution in [0.3, 0.4) is 0 Å². The van der Waals surface area contributed by atoms with E-state index in [-0.39, 0.29) is 18.6 Å². The molecule has 2 aromatic rings. The monoisotopic (exact) mass is 306 g/mol. The summed E-state index contributed by atoms with van der Waals surface area (Å²) in [6.45, 7) is 3.47. The molecule has 3 rings (SSSR count). The number of aliphatic hydroxyl groups is 1. The third-order valence-electron chi connectivity index (χ3n) is 4.14. The Kier molecular flexibility index (Phi) is 3.44. The minimum absolute atomic E-state index is 0.155. The van der Waals surface area contributed by atoms with Gasteiger partial charge < -0.3 is 19.4 Å². The summed E-state index contributed by atoms with van der Waals surface area (Å²) in [4.78, 5) is 24.6. The molecule has 3 atom stereocenters. The van der Waals surface area contributed by atoms with E-state index in [0.29, 0.717) is 17.0 Å². The highest BCUT2D eigenvalue weighted by Gasteiger charge is 2.52. The van der Waals surface area contributed by atoms with Crippen LogP contribution in [0.2, 0.25) is 0 Å². The van der Waals surface area contributed by atoms with Gasteiger partial charge in [-0.15, -0.1) is 0 Å². The second-order valence-electron chi connectivity index (χ2n) is 5.73. The van der Waals surface area contributed by atoms with Crippen LogP contribution in [-0.2, 0) is 16.0 Å². The number of nitrogens with one attached hydrogen (secondary N) is 2. The maximum absolute atomic E-state index is 12.4. The highest BCUT2D eigenvalue weighted by molar-refractivity contribution is 5.76. The predicted molar refractivity (Wildman–Crippen MR) is 76.4 cm³/mol. The second-order valence-corrected chi connectivity index (χ2v) is 5.73. The van der Waals surface area contributed by atoms with Crippen LogP contribution in [0.1, 0.15) is 36.8 Å². The van der Waals surface area contributed by atoms with Crippen molar-refractivity contribution in [3.05, 3.63) is 45.8 Å². The Morgan fingerprint density at radius 3 is 2.95 bits per heavy atom. The van der Waals surface area contributed by atoms with Gasteiger partial charge >= 0.3 is 5.97 Å². The Balaban J connectivity index is 2.19. The highest BCUT2D eigenvalue weighted by Crippen LogP contribution is 2.44. The lowest BCUT2D eigenvalue weighted by Crippen LogP contribution is -2.50. The second kappa shape index (κ2) is 5.17. The zero-order valence-electron chi connectivity index (χ0n) is 12.4. The molecule has 0 saturated heterocycles. The number of furan rings is 1. The molecule has 7 heteroatoms. The van der Waals surface area contributed by atoms with Crippen molar-refractivity contribution in [1.82, 2.24) is 10.2 Å². The van der Waals surface area contributed by atoms with E-state index in [0.717, 1.165) is 0 Å². The van der Waals surface area contributed by atoms with Gasteiger partial charge in [-0.2, -0.15) is 0 Å². The molecule has 2 heterocycles. The average Bonchev–Trinajstić information content (AvgIpc) is 3.07. The first kappa shape index (κ1) is 14.6. The molecule has 3 N–H and O–H groups in total. The van der Waals surface area contributed by atoms with E-state index < -0.39 is 23.4 Å². The van der Waals surface area contributed by atoms with E-state index in [2.05, 4.69) is 10.2 Å². The van der Waals surface area contributed by atoms with Crippen LogP contribution < -0.4 is 5.56 Å². The van der Waals surface area contributed by atoms with Gasteiger partial charge in [0.25, 0.3) is 5.56 Å². The molecule has 0 amide bonds. The summed E-state index contributed by atoms with van der Waals surface area (Å²) in [5, 5.41) is 16.1. The molecule has 7 nitrogen and oxygen atoms in total. The van der Waals surface area contributed by atoms with E-state index in [1.165, 1.54) is 6.26 Å². The average molecular weight is 306 g/mol. The Hall–Kier alpha value is -2.28. The van der Waals surface area contributed by atoms with Crippen molar-refractivity contribution < 1.29 is 19.1 Å². The predicted octanol–water partition coefficient (Wildman–Crippen LogP) is 0.914. The smallest absolute Gasteiger partial charge is 0.312 e. The minimum atomic E-state index is -1.36. The minimum Gasteiger partial charge on any atom is -0.469 e. The normalized spacial score (nSPS) is 27.4. The van der Waals surface area contributed by atoms with Crippen molar-refractivity contribution in [2.24, 2.45) is 5.92 Å². The lowest BCUT2D eigenvalue weighted by molar-refractivity contribution is -0.159. The van der Waals surface area contributed by atoms with E-state index in [9.17, 15) is 14.7 Å². The molecule has 0 unspecified atom stereocenters. The molecule has 1 aliphatic carbocycles. The third-order valence-corrected chi connectivity index (χ3v) is 4.14. The molecule has 0 saturated carbocycles. The van der Waals surface area contributed by atoms with Crippen molar-refractivity contribution in [2.75, 3.05) is 6.61 Å². The first-order chi connectivity index (χ1) is 10.5. The number of hydrogen-bond acceptors (Lipinski definition) is 5. The molecular weight excluding hydrogens is 288 g/mol. The maximum Gasteiger partial charge on any atom is 0.312 e. The fourth-order valence-corrected chi connectivity index (χ4v) is 3.26. The van der Waals surface area contributed by atoms with Crippen molar-refractivity contribution in [3.63, 3.8) is 0 Å². The van der Waals surface area contributed by atoms with Gasteiger partial charge in [0.2, 0.25) is 0 Å². The number of hydrogen-bond donors (Lipinski definition) is 3. The highest BCUT2D eigenvalue weighted by atomic mass is 16.5. The van der Waals surface area contributed by atoms with Gasteiger partial charge in [0.05, 0.1) is 35.9 Å². The van der Waals surface area contributed by atoms with Gasteiger partial charge in [0.1, 0.15) is 5.76 Å². The Morgan fingerprint density at radius 2 is 2.32 bits per heavy atom. The summed E-state index contributed by atoms with van der Waals surface area (Å²) in [6.07, 6.45) is 1.63. The van der Waals surface area contributed by atoms with Crippen LogP contribution in [0, 0.1) is 5.92 Å². The van der Waals surface area contributed by atoms with Crippen LogP contribution in [0.15, 0.2) is 27.6 Å². The number of carbonyl (C=O) groups excluding carboxylic acids is 1. The van der Waals surface area contributed by atoms with Crippen LogP contribution in [-0.4, -0.2) is 33.5 Å². The lowest BCUT2D eigenvalue weighted by atomic mass is 9.68. The summed E-state index contributed by atoms with van der Waals surface area (Å²) in [6, 6.07) is 3.37. The fraction of sp³-hybridized carbons (Fsp3) is 0.467. The number of carbonyl (C=O) groups is 1. The molecule has 0 radical (unpaired) electrons. The van der Waals surface area contributed by atoms with Crippen LogP contribution in [0.4, 0.5) is 0 Å². The molecule has 1 aliphatic rings. The number of fused-ring (bicyclic) bond motifs is 1. The number of aromatic amines is 2. The number of H-pyrrole nitrogens is 2. The van der Waals surface area contributed by atoms with E-state index >= 15 is 0 Å².